The number of nitrogens with two attached hydrogens (primary N) is 1. The van der Waals surface area contributed by atoms with Gasteiger partial charge in [-0.15, -0.1) is 0 Å². The lowest BCUT2D eigenvalue weighted by Crippen LogP contribution is -2.57. The smallest absolute Gasteiger partial charge is 0.0572 e. The van der Waals surface area contributed by atoms with Crippen molar-refractivity contribution in [2.45, 2.75) is 70.1 Å². The van der Waals surface area contributed by atoms with Crippen LogP contribution in [0.3, 0.4) is 0 Å². The number of nitrogens with zero attached hydrogens (tertiary/aromatic N) is 1. The third-order valence-electron chi connectivity index (χ3n) is 4.82. The van der Waals surface area contributed by atoms with Gasteiger partial charge in [0, 0.05) is 25.2 Å². The summed E-state index contributed by atoms with van der Waals surface area (Å²) in [6.07, 6.45) is 7.52. The molecule has 17 heavy (non-hydrogen) atoms. The number of likely N-dealkylation sites (N-methyl/N-ethyl adjacent to an activating group) is 1. The van der Waals surface area contributed by atoms with Crippen molar-refractivity contribution in [1.82, 2.24) is 4.90 Å². The molecular weight excluding hydrogens is 212 g/mol. The van der Waals surface area contributed by atoms with Gasteiger partial charge < -0.3 is 10.5 Å². The lowest BCUT2D eigenvalue weighted by atomic mass is 9.78. The predicted molar refractivity (Wildman–Crippen MR) is 73.2 cm³/mol. The first kappa shape index (κ1) is 14.9. The molecule has 0 unspecified atom stereocenters. The second-order valence-corrected chi connectivity index (χ2v) is 5.44. The molecule has 0 amide bonds. The Hall–Kier alpha value is -0.120. The number of hydrogen-bond donors (Lipinski definition) is 1. The van der Waals surface area contributed by atoms with E-state index in [0.717, 1.165) is 19.4 Å². The summed E-state index contributed by atoms with van der Waals surface area (Å²) in [5.74, 6) is 0. The third-order valence-corrected chi connectivity index (χ3v) is 4.82. The number of rotatable bonds is 6. The Bertz CT molecular complexity index is 208. The van der Waals surface area contributed by atoms with Crippen molar-refractivity contribution >= 4 is 0 Å². The van der Waals surface area contributed by atoms with E-state index in [9.17, 15) is 0 Å². The van der Waals surface area contributed by atoms with Gasteiger partial charge in [0.05, 0.1) is 6.10 Å². The number of methoxy groups -OCH3 is 1. The van der Waals surface area contributed by atoms with Crippen molar-refractivity contribution in [3.05, 3.63) is 0 Å². The summed E-state index contributed by atoms with van der Waals surface area (Å²) < 4.78 is 5.46. The molecule has 0 aromatic carbocycles. The molecular formula is C14H30N2O. The molecule has 3 nitrogen and oxygen atoms in total. The molecule has 3 heteroatoms. The summed E-state index contributed by atoms with van der Waals surface area (Å²) in [6.45, 7) is 5.32. The monoisotopic (exact) mass is 242 g/mol. The van der Waals surface area contributed by atoms with E-state index < -0.39 is 0 Å². The summed E-state index contributed by atoms with van der Waals surface area (Å²) in [7, 11) is 4.09. The zero-order valence-electron chi connectivity index (χ0n) is 12.0. The molecule has 2 N–H and O–H groups in total. The van der Waals surface area contributed by atoms with Crippen LogP contribution in [0.5, 0.6) is 0 Å². The highest BCUT2D eigenvalue weighted by Gasteiger charge is 2.39. The number of hydrogen-bond acceptors (Lipinski definition) is 3. The zero-order chi connectivity index (χ0) is 12.9. The first-order valence-corrected chi connectivity index (χ1v) is 7.09. The van der Waals surface area contributed by atoms with E-state index >= 15 is 0 Å². The van der Waals surface area contributed by atoms with E-state index in [1.165, 1.54) is 25.7 Å². The molecule has 0 radical (unpaired) electrons. The van der Waals surface area contributed by atoms with E-state index in [0.29, 0.717) is 12.1 Å². The van der Waals surface area contributed by atoms with Crippen molar-refractivity contribution in [1.29, 1.82) is 0 Å². The fourth-order valence-electron chi connectivity index (χ4n) is 3.29. The molecule has 1 saturated carbocycles. The van der Waals surface area contributed by atoms with Crippen molar-refractivity contribution in [3.63, 3.8) is 0 Å². The first-order chi connectivity index (χ1) is 8.13. The quantitative estimate of drug-likeness (QED) is 0.777. The highest BCUT2D eigenvalue weighted by molar-refractivity contribution is 4.97. The minimum atomic E-state index is 0.214. The molecule has 0 heterocycles. The summed E-state index contributed by atoms with van der Waals surface area (Å²) in [5.41, 5.74) is 6.30. The van der Waals surface area contributed by atoms with Gasteiger partial charge in [-0.1, -0.05) is 13.8 Å². The van der Waals surface area contributed by atoms with E-state index in [2.05, 4.69) is 25.8 Å². The van der Waals surface area contributed by atoms with Gasteiger partial charge in [0.25, 0.3) is 0 Å². The third kappa shape index (κ3) is 3.21. The Morgan fingerprint density at radius 2 is 1.82 bits per heavy atom. The minimum Gasteiger partial charge on any atom is -0.381 e. The van der Waals surface area contributed by atoms with Crippen LogP contribution in [0.4, 0.5) is 0 Å². The average Bonchev–Trinajstić information content (AvgIpc) is 2.40. The Morgan fingerprint density at radius 3 is 2.18 bits per heavy atom. The largest absolute Gasteiger partial charge is 0.381 e. The Balaban J connectivity index is 2.69. The molecule has 1 aliphatic rings. The standard InChI is InChI=1S/C14H30N2O/c1-5-12(6-2)16(3)14(11-15)9-7-13(17-4)8-10-14/h12-13H,5-11,15H2,1-4H3. The second kappa shape index (κ2) is 6.72. The summed E-state index contributed by atoms with van der Waals surface area (Å²) in [4.78, 5) is 2.55. The van der Waals surface area contributed by atoms with Crippen LogP contribution in [0.1, 0.15) is 52.4 Å². The van der Waals surface area contributed by atoms with Crippen LogP contribution in [0.2, 0.25) is 0 Å². The van der Waals surface area contributed by atoms with Crippen molar-refractivity contribution in [2.75, 3.05) is 20.7 Å². The summed E-state index contributed by atoms with van der Waals surface area (Å²) in [5, 5.41) is 0. The van der Waals surface area contributed by atoms with Crippen LogP contribution in [0.15, 0.2) is 0 Å². The molecule has 1 aliphatic carbocycles. The molecule has 0 aliphatic heterocycles. The van der Waals surface area contributed by atoms with Crippen LogP contribution in [0.25, 0.3) is 0 Å². The lowest BCUT2D eigenvalue weighted by molar-refractivity contribution is -0.0145. The average molecular weight is 242 g/mol. The van der Waals surface area contributed by atoms with Crippen LogP contribution >= 0.6 is 0 Å². The highest BCUT2D eigenvalue weighted by atomic mass is 16.5. The van der Waals surface area contributed by atoms with Gasteiger partial charge in [-0.3, -0.25) is 4.90 Å². The van der Waals surface area contributed by atoms with Gasteiger partial charge in [-0.2, -0.15) is 0 Å². The Kier molecular flexibility index (Phi) is 5.90. The van der Waals surface area contributed by atoms with Gasteiger partial charge in [0.1, 0.15) is 0 Å². The first-order valence-electron chi connectivity index (χ1n) is 7.09. The fourth-order valence-corrected chi connectivity index (χ4v) is 3.29. The van der Waals surface area contributed by atoms with Gasteiger partial charge in [-0.05, 0) is 45.6 Å². The van der Waals surface area contributed by atoms with Crippen LogP contribution < -0.4 is 5.73 Å². The SMILES string of the molecule is CCC(CC)N(C)C1(CN)CCC(OC)CC1. The van der Waals surface area contributed by atoms with E-state index in [1.807, 2.05) is 7.11 Å². The van der Waals surface area contributed by atoms with Crippen LogP contribution in [0, 0.1) is 0 Å². The van der Waals surface area contributed by atoms with E-state index in [1.54, 1.807) is 0 Å². The maximum atomic E-state index is 6.09. The molecule has 0 atom stereocenters. The van der Waals surface area contributed by atoms with Gasteiger partial charge in [-0.25, -0.2) is 0 Å². The van der Waals surface area contributed by atoms with Gasteiger partial charge in [0.15, 0.2) is 0 Å². The van der Waals surface area contributed by atoms with E-state index in [4.69, 9.17) is 10.5 Å². The van der Waals surface area contributed by atoms with Crippen molar-refractivity contribution in [3.8, 4) is 0 Å². The predicted octanol–water partition coefficient (Wildman–Crippen LogP) is 2.39. The van der Waals surface area contributed by atoms with Crippen LogP contribution in [-0.4, -0.2) is 43.3 Å². The van der Waals surface area contributed by atoms with Crippen molar-refractivity contribution < 1.29 is 4.74 Å². The maximum absolute atomic E-state index is 6.09. The highest BCUT2D eigenvalue weighted by Crippen LogP contribution is 2.35. The normalized spacial score (nSPS) is 30.2. The molecule has 0 saturated heterocycles. The summed E-state index contributed by atoms with van der Waals surface area (Å²) >= 11 is 0. The molecule has 1 rings (SSSR count). The van der Waals surface area contributed by atoms with E-state index in [-0.39, 0.29) is 5.54 Å². The molecule has 1 fully saturated rings. The molecule has 102 valence electrons. The topological polar surface area (TPSA) is 38.5 Å². The Morgan fingerprint density at radius 1 is 1.29 bits per heavy atom. The zero-order valence-corrected chi connectivity index (χ0v) is 12.0. The fraction of sp³-hybridized carbons (Fsp3) is 1.00. The molecule has 0 bridgehead atoms. The maximum Gasteiger partial charge on any atom is 0.0572 e. The summed E-state index contributed by atoms with van der Waals surface area (Å²) in [6, 6.07) is 0.664. The second-order valence-electron chi connectivity index (χ2n) is 5.44. The van der Waals surface area contributed by atoms with Crippen molar-refractivity contribution in [2.24, 2.45) is 5.73 Å². The van der Waals surface area contributed by atoms with Gasteiger partial charge in [0.2, 0.25) is 0 Å². The van der Waals surface area contributed by atoms with Gasteiger partial charge >= 0.3 is 0 Å². The molecule has 0 spiro atoms. The molecule has 0 aromatic rings. The molecule has 0 aromatic heterocycles. The lowest BCUT2D eigenvalue weighted by Gasteiger charge is -2.48. The Labute approximate surface area is 107 Å². The number of ether oxygens (including phenoxy) is 1. The van der Waals surface area contributed by atoms with Crippen LogP contribution in [-0.2, 0) is 4.74 Å². The minimum absolute atomic E-state index is 0.214.